The van der Waals surface area contributed by atoms with Gasteiger partial charge in [0.2, 0.25) is 0 Å². The second kappa shape index (κ2) is 5.99. The molecule has 0 aliphatic heterocycles. The molecule has 1 N–H and O–H groups in total. The Morgan fingerprint density at radius 2 is 2.06 bits per heavy atom. The number of rotatable bonds is 6. The van der Waals surface area contributed by atoms with Gasteiger partial charge in [-0.2, -0.15) is 0 Å². The maximum atomic E-state index is 9.62. The topological polar surface area (TPSA) is 32.7 Å². The van der Waals surface area contributed by atoms with E-state index in [4.69, 9.17) is 4.74 Å². The lowest BCUT2D eigenvalue weighted by Crippen LogP contribution is -2.39. The summed E-state index contributed by atoms with van der Waals surface area (Å²) < 4.78 is 5.64. The molecule has 2 aliphatic rings. The van der Waals surface area contributed by atoms with Crippen molar-refractivity contribution in [1.82, 2.24) is 4.90 Å². The molecule has 0 aromatic heterocycles. The van der Waals surface area contributed by atoms with E-state index in [-0.39, 0.29) is 6.10 Å². The summed E-state index contributed by atoms with van der Waals surface area (Å²) in [5.41, 5.74) is 0. The third kappa shape index (κ3) is 4.04. The van der Waals surface area contributed by atoms with E-state index < -0.39 is 0 Å². The lowest BCUT2D eigenvalue weighted by Gasteiger charge is -2.33. The summed E-state index contributed by atoms with van der Waals surface area (Å²) in [6, 6.07) is 0.563. The fourth-order valence-corrected chi connectivity index (χ4v) is 2.46. The number of hydrogen-bond donors (Lipinski definition) is 1. The number of aliphatic hydroxyl groups is 1. The second-order valence-electron chi connectivity index (χ2n) is 5.47. The van der Waals surface area contributed by atoms with Gasteiger partial charge in [-0.15, -0.1) is 0 Å². The first kappa shape index (κ1) is 12.3. The highest BCUT2D eigenvalue weighted by Crippen LogP contribution is 2.28. The predicted molar refractivity (Wildman–Crippen MR) is 64.4 cm³/mol. The number of hydrogen-bond acceptors (Lipinski definition) is 3. The maximum Gasteiger partial charge on any atom is 0.0593 e. The quantitative estimate of drug-likeness (QED) is 0.700. The van der Waals surface area contributed by atoms with Crippen LogP contribution in [-0.4, -0.2) is 49.0 Å². The molecule has 0 aromatic rings. The molecule has 2 fully saturated rings. The molecule has 94 valence electrons. The summed E-state index contributed by atoms with van der Waals surface area (Å²) in [6.07, 6.45) is 6.99. The van der Waals surface area contributed by atoms with Crippen LogP contribution in [0.3, 0.4) is 0 Å². The minimum atomic E-state index is -0.0754. The van der Waals surface area contributed by atoms with Gasteiger partial charge in [0.05, 0.1) is 12.7 Å². The summed E-state index contributed by atoms with van der Waals surface area (Å²) in [5, 5.41) is 9.62. The smallest absolute Gasteiger partial charge is 0.0593 e. The third-order valence-corrected chi connectivity index (χ3v) is 3.88. The number of likely N-dealkylation sites (N-methyl/N-ethyl adjacent to an activating group) is 1. The summed E-state index contributed by atoms with van der Waals surface area (Å²) >= 11 is 0. The van der Waals surface area contributed by atoms with Gasteiger partial charge < -0.3 is 14.7 Å². The number of aliphatic hydroxyl groups excluding tert-OH is 1. The minimum absolute atomic E-state index is 0.0754. The van der Waals surface area contributed by atoms with Crippen molar-refractivity contribution in [2.45, 2.75) is 50.7 Å². The molecule has 0 spiro atoms. The van der Waals surface area contributed by atoms with Crippen LogP contribution >= 0.6 is 0 Å². The Labute approximate surface area is 98.8 Å². The summed E-state index contributed by atoms with van der Waals surface area (Å²) in [6.45, 7) is 2.81. The van der Waals surface area contributed by atoms with Gasteiger partial charge in [-0.1, -0.05) is 0 Å². The molecule has 0 saturated heterocycles. The normalized spacial score (nSPS) is 30.9. The molecule has 2 rings (SSSR count). The summed E-state index contributed by atoms with van der Waals surface area (Å²) in [7, 11) is 2.16. The highest BCUT2D eigenvalue weighted by molar-refractivity contribution is 4.78. The van der Waals surface area contributed by atoms with Crippen LogP contribution in [0.15, 0.2) is 0 Å². The lowest BCUT2D eigenvalue weighted by atomic mass is 9.92. The van der Waals surface area contributed by atoms with Crippen molar-refractivity contribution in [3.63, 3.8) is 0 Å². The number of nitrogens with zero attached hydrogens (tertiary/aromatic N) is 1. The Hall–Kier alpha value is -0.120. The zero-order valence-corrected chi connectivity index (χ0v) is 10.4. The van der Waals surface area contributed by atoms with E-state index in [0.29, 0.717) is 6.04 Å². The van der Waals surface area contributed by atoms with Gasteiger partial charge in [0.15, 0.2) is 0 Å². The molecule has 0 amide bonds. The molecule has 0 aromatic carbocycles. The molecule has 2 unspecified atom stereocenters. The van der Waals surface area contributed by atoms with Gasteiger partial charge in [0.1, 0.15) is 0 Å². The van der Waals surface area contributed by atoms with Gasteiger partial charge in [-0.25, -0.2) is 0 Å². The van der Waals surface area contributed by atoms with E-state index in [1.807, 2.05) is 0 Å². The molecule has 2 saturated carbocycles. The van der Waals surface area contributed by atoms with Crippen molar-refractivity contribution in [1.29, 1.82) is 0 Å². The van der Waals surface area contributed by atoms with Crippen molar-refractivity contribution in [3.05, 3.63) is 0 Å². The Morgan fingerprint density at radius 1 is 1.25 bits per heavy atom. The second-order valence-corrected chi connectivity index (χ2v) is 5.47. The van der Waals surface area contributed by atoms with Crippen LogP contribution in [0.25, 0.3) is 0 Å². The van der Waals surface area contributed by atoms with Gasteiger partial charge >= 0.3 is 0 Å². The van der Waals surface area contributed by atoms with Crippen LogP contribution in [-0.2, 0) is 4.74 Å². The molecular weight excluding hydrogens is 202 g/mol. The molecule has 16 heavy (non-hydrogen) atoms. The first-order valence-corrected chi connectivity index (χ1v) is 6.71. The fraction of sp³-hybridized carbons (Fsp3) is 1.00. The number of ether oxygens (including phenoxy) is 1. The van der Waals surface area contributed by atoms with Crippen LogP contribution in [0.5, 0.6) is 0 Å². The van der Waals surface area contributed by atoms with Crippen LogP contribution < -0.4 is 0 Å². The van der Waals surface area contributed by atoms with Crippen molar-refractivity contribution < 1.29 is 9.84 Å². The summed E-state index contributed by atoms with van der Waals surface area (Å²) in [4.78, 5) is 2.36. The van der Waals surface area contributed by atoms with Gasteiger partial charge in [-0.05, 0) is 51.5 Å². The van der Waals surface area contributed by atoms with Crippen molar-refractivity contribution >= 4 is 0 Å². The maximum absolute atomic E-state index is 9.62. The first-order chi connectivity index (χ1) is 7.75. The Balaban J connectivity index is 1.56. The largest absolute Gasteiger partial charge is 0.393 e. The summed E-state index contributed by atoms with van der Waals surface area (Å²) in [5.74, 6) is 0.863. The Morgan fingerprint density at radius 3 is 2.75 bits per heavy atom. The van der Waals surface area contributed by atoms with E-state index in [1.165, 1.54) is 25.7 Å². The van der Waals surface area contributed by atoms with Gasteiger partial charge in [-0.3, -0.25) is 0 Å². The van der Waals surface area contributed by atoms with E-state index >= 15 is 0 Å². The van der Waals surface area contributed by atoms with Crippen LogP contribution in [0.4, 0.5) is 0 Å². The van der Waals surface area contributed by atoms with E-state index in [0.717, 1.165) is 38.5 Å². The average molecular weight is 227 g/mol. The highest BCUT2D eigenvalue weighted by Gasteiger charge is 2.24. The van der Waals surface area contributed by atoms with Crippen LogP contribution in [0.2, 0.25) is 0 Å². The molecule has 0 heterocycles. The average Bonchev–Trinajstić information content (AvgIpc) is 3.08. The zero-order chi connectivity index (χ0) is 11.4. The predicted octanol–water partition coefficient (Wildman–Crippen LogP) is 1.65. The van der Waals surface area contributed by atoms with E-state index in [1.54, 1.807) is 0 Å². The molecule has 2 atom stereocenters. The van der Waals surface area contributed by atoms with Crippen LogP contribution in [0, 0.1) is 5.92 Å². The third-order valence-electron chi connectivity index (χ3n) is 3.88. The molecule has 0 radical (unpaired) electrons. The lowest BCUT2D eigenvalue weighted by molar-refractivity contribution is 0.0495. The molecule has 3 nitrogen and oxygen atoms in total. The van der Waals surface area contributed by atoms with E-state index in [2.05, 4.69) is 11.9 Å². The zero-order valence-electron chi connectivity index (χ0n) is 10.4. The fourth-order valence-electron chi connectivity index (χ4n) is 2.46. The van der Waals surface area contributed by atoms with Crippen molar-refractivity contribution in [2.24, 2.45) is 5.92 Å². The monoisotopic (exact) mass is 227 g/mol. The highest BCUT2D eigenvalue weighted by atomic mass is 16.5. The molecular formula is C13H25NO2. The van der Waals surface area contributed by atoms with Crippen molar-refractivity contribution in [3.8, 4) is 0 Å². The minimum Gasteiger partial charge on any atom is -0.393 e. The SMILES string of the molecule is CN(CCOCC1CC1)C1CCCC(O)C1. The molecule has 2 aliphatic carbocycles. The van der Waals surface area contributed by atoms with Gasteiger partial charge in [0, 0.05) is 19.2 Å². The van der Waals surface area contributed by atoms with Crippen molar-refractivity contribution in [2.75, 3.05) is 26.8 Å². The van der Waals surface area contributed by atoms with E-state index in [9.17, 15) is 5.11 Å². The van der Waals surface area contributed by atoms with Gasteiger partial charge in [0.25, 0.3) is 0 Å². The molecule has 0 bridgehead atoms. The molecule has 3 heteroatoms. The Bertz CT molecular complexity index is 206. The Kier molecular flexibility index (Phi) is 4.62. The standard InChI is InChI=1S/C13H25NO2/c1-14(7-8-16-10-11-5-6-11)12-3-2-4-13(15)9-12/h11-13,15H,2-10H2,1H3. The first-order valence-electron chi connectivity index (χ1n) is 6.71. The van der Waals surface area contributed by atoms with Crippen LogP contribution in [0.1, 0.15) is 38.5 Å².